The molecular weight excluding hydrogens is 460 g/mol. The van der Waals surface area contributed by atoms with Crippen LogP contribution in [0, 0.1) is 5.82 Å². The molecule has 1 saturated heterocycles. The number of amidine groups is 1. The third kappa shape index (κ3) is 4.48. The second-order valence-corrected chi connectivity index (χ2v) is 7.02. The van der Waals surface area contributed by atoms with Crippen LogP contribution in [-0.4, -0.2) is 63.4 Å². The lowest BCUT2D eigenvalue weighted by atomic mass is 9.96. The van der Waals surface area contributed by atoms with Gasteiger partial charge in [0, 0.05) is 0 Å². The first-order valence-corrected chi connectivity index (χ1v) is 8.80. The number of aliphatic imine (C=N–C) groups is 1. The number of carbonyl (C=O) groups excluding carboxylic acids is 2. The molecule has 3 rings (SSSR count). The molecule has 154 valence electrons. The number of nitrogens with two attached hydrogens (primary N) is 1. The van der Waals surface area contributed by atoms with Crippen molar-refractivity contribution in [3.05, 3.63) is 34.2 Å². The second-order valence-electron chi connectivity index (χ2n) is 6.16. The van der Waals surface area contributed by atoms with Crippen molar-refractivity contribution in [2.45, 2.75) is 5.67 Å². The summed E-state index contributed by atoms with van der Waals surface area (Å²) in [6.45, 7) is -0.950. The number of nitrogens with one attached hydrogen (secondary N) is 2. The summed E-state index contributed by atoms with van der Waals surface area (Å²) in [6, 6.07) is 3.89. The van der Waals surface area contributed by atoms with Gasteiger partial charge in [-0.2, -0.15) is 0 Å². The van der Waals surface area contributed by atoms with Gasteiger partial charge < -0.3 is 16.0 Å². The number of primary amides is 1. The number of likely N-dealkylation sites (tertiary alicyclic amines) is 1. The maximum atomic E-state index is 14.6. The summed E-state index contributed by atoms with van der Waals surface area (Å²) in [5.74, 6) is -2.86. The topological polar surface area (TPSA) is 159 Å². The number of rotatable bonds is 5. The number of alkyl halides is 1. The van der Waals surface area contributed by atoms with Crippen LogP contribution in [0.2, 0.25) is 0 Å². The van der Waals surface area contributed by atoms with Gasteiger partial charge in [-0.15, -0.1) is 0 Å². The van der Waals surface area contributed by atoms with E-state index in [2.05, 4.69) is 41.2 Å². The summed E-state index contributed by atoms with van der Waals surface area (Å²) in [7, 11) is 0. The van der Waals surface area contributed by atoms with Crippen molar-refractivity contribution < 1.29 is 28.2 Å². The monoisotopic (exact) mass is 473 g/mol. The summed E-state index contributed by atoms with van der Waals surface area (Å²) in [6.07, 6.45) is 0. The highest BCUT2D eigenvalue weighted by molar-refractivity contribution is 9.10. The number of hydrogen-bond acceptors (Lipinski definition) is 8. The fourth-order valence-corrected chi connectivity index (χ4v) is 2.93. The first-order valence-electron chi connectivity index (χ1n) is 8.01. The third-order valence-electron chi connectivity index (χ3n) is 3.98. The molecule has 1 aromatic heterocycles. The Bertz CT molecular complexity index is 977. The van der Waals surface area contributed by atoms with E-state index < -0.39 is 23.3 Å². The maximum absolute atomic E-state index is 14.6. The zero-order valence-corrected chi connectivity index (χ0v) is 16.1. The van der Waals surface area contributed by atoms with E-state index in [1.54, 1.807) is 0 Å². The van der Waals surface area contributed by atoms with E-state index in [4.69, 9.17) is 5.73 Å². The molecule has 0 saturated carbocycles. The molecule has 0 radical (unpaired) electrons. The molecule has 1 aliphatic heterocycles. The van der Waals surface area contributed by atoms with Gasteiger partial charge in [0.25, 0.3) is 0 Å². The van der Waals surface area contributed by atoms with Gasteiger partial charge in [-0.1, -0.05) is 0 Å². The Morgan fingerprint density at radius 1 is 1.41 bits per heavy atom. The summed E-state index contributed by atoms with van der Waals surface area (Å²) in [5.41, 5.74) is 5.07. The fourth-order valence-electron chi connectivity index (χ4n) is 2.57. The number of hydroxylamine groups is 1. The number of halogens is 3. The summed E-state index contributed by atoms with van der Waals surface area (Å²) >= 11 is 3.02. The highest BCUT2D eigenvalue weighted by Crippen LogP contribution is 2.27. The predicted octanol–water partition coefficient (Wildman–Crippen LogP) is 0.476. The molecule has 1 aromatic carbocycles. The van der Waals surface area contributed by atoms with Gasteiger partial charge >= 0.3 is 11.8 Å². The Kier molecular flexibility index (Phi) is 5.74. The average Bonchev–Trinajstić information content (AvgIpc) is 3.12. The largest absolute Gasteiger partial charge is 0.362 e. The molecular formula is C15H14BrF2N7O4. The van der Waals surface area contributed by atoms with Crippen LogP contribution in [-0.2, 0) is 9.59 Å². The Hall–Kier alpha value is -3.13. The Morgan fingerprint density at radius 2 is 2.14 bits per heavy atom. The van der Waals surface area contributed by atoms with E-state index in [1.165, 1.54) is 18.2 Å². The van der Waals surface area contributed by atoms with Crippen LogP contribution >= 0.6 is 15.9 Å². The zero-order valence-electron chi connectivity index (χ0n) is 14.5. The number of amides is 2. The first kappa shape index (κ1) is 20.6. The quantitative estimate of drug-likeness (QED) is 0.211. The molecule has 0 atom stereocenters. The minimum Gasteiger partial charge on any atom is -0.362 e. The smallest absolute Gasteiger partial charge is 0.311 e. The number of carbonyl (C=O) groups is 2. The van der Waals surface area contributed by atoms with E-state index in [1.807, 2.05) is 5.48 Å². The van der Waals surface area contributed by atoms with Gasteiger partial charge in [0.2, 0.25) is 5.82 Å². The zero-order chi connectivity index (χ0) is 21.2. The van der Waals surface area contributed by atoms with Crippen molar-refractivity contribution >= 4 is 45.1 Å². The molecule has 11 nitrogen and oxygen atoms in total. The van der Waals surface area contributed by atoms with Crippen molar-refractivity contribution in [3.63, 3.8) is 0 Å². The molecule has 1 aliphatic rings. The molecule has 0 aliphatic carbocycles. The van der Waals surface area contributed by atoms with Gasteiger partial charge in [0.1, 0.15) is 5.82 Å². The van der Waals surface area contributed by atoms with Crippen molar-refractivity contribution in [1.29, 1.82) is 0 Å². The van der Waals surface area contributed by atoms with Gasteiger partial charge in [0.15, 0.2) is 17.2 Å². The second kappa shape index (κ2) is 8.08. The van der Waals surface area contributed by atoms with Gasteiger partial charge in [0.05, 0.1) is 29.8 Å². The lowest BCUT2D eigenvalue weighted by molar-refractivity contribution is -0.153. The van der Waals surface area contributed by atoms with Crippen LogP contribution in [0.3, 0.4) is 0 Å². The van der Waals surface area contributed by atoms with Crippen molar-refractivity contribution in [3.8, 4) is 0 Å². The lowest BCUT2D eigenvalue weighted by Gasteiger charge is -2.43. The molecule has 1 fully saturated rings. The third-order valence-corrected chi connectivity index (χ3v) is 4.59. The van der Waals surface area contributed by atoms with Crippen molar-refractivity contribution in [2.75, 3.05) is 25.0 Å². The number of nitrogens with zero attached hydrogens (tertiary/aromatic N) is 4. The maximum Gasteiger partial charge on any atom is 0.311 e. The molecule has 0 unspecified atom stereocenters. The fraction of sp³-hybridized carbons (Fsp3) is 0.267. The summed E-state index contributed by atoms with van der Waals surface area (Å²) in [5, 5.41) is 19.2. The number of benzene rings is 1. The number of aromatic nitrogens is 2. The van der Waals surface area contributed by atoms with Crippen LogP contribution in [0.5, 0.6) is 0 Å². The van der Waals surface area contributed by atoms with Crippen LogP contribution in [0.15, 0.2) is 32.3 Å². The molecule has 0 spiro atoms. The van der Waals surface area contributed by atoms with Gasteiger partial charge in [-0.3, -0.25) is 20.3 Å². The van der Waals surface area contributed by atoms with E-state index >= 15 is 0 Å². The molecule has 14 heteroatoms. The van der Waals surface area contributed by atoms with Gasteiger partial charge in [-0.25, -0.2) is 18.4 Å². The Labute approximate surface area is 170 Å². The van der Waals surface area contributed by atoms with Crippen molar-refractivity contribution in [1.82, 2.24) is 20.7 Å². The molecule has 5 N–H and O–H groups in total. The highest BCUT2D eigenvalue weighted by Gasteiger charge is 2.47. The lowest BCUT2D eigenvalue weighted by Crippen LogP contribution is -2.65. The van der Waals surface area contributed by atoms with E-state index in [0.717, 1.165) is 4.90 Å². The Balaban J connectivity index is 1.70. The normalized spacial score (nSPS) is 15.6. The molecule has 2 aromatic rings. The standard InChI is InChI=1S/C15H14BrF2N7O4/c16-8-3-7(1-2-9(8)17)21-13(22-28)10-12(24-29-23-10)20-4-15(18)5-25(6-15)14(27)11(19)26/h1-3,28H,4-6H2,(H2,19,26)(H,20,24)(H,21,22). The van der Waals surface area contributed by atoms with Crippen LogP contribution < -0.4 is 16.5 Å². The van der Waals surface area contributed by atoms with E-state index in [9.17, 15) is 23.6 Å². The highest BCUT2D eigenvalue weighted by atomic mass is 79.9. The number of anilines is 1. The summed E-state index contributed by atoms with van der Waals surface area (Å²) in [4.78, 5) is 27.3. The average molecular weight is 474 g/mol. The van der Waals surface area contributed by atoms with Crippen LogP contribution in [0.4, 0.5) is 20.3 Å². The number of hydrogen-bond donors (Lipinski definition) is 4. The minimum atomic E-state index is -1.83. The SMILES string of the molecule is NC(=O)C(=O)N1CC(F)(CNc2nonc2C(=Nc2ccc(F)c(Br)c2)NO)C1. The molecule has 2 heterocycles. The molecule has 0 bridgehead atoms. The van der Waals surface area contributed by atoms with Gasteiger partial charge in [-0.05, 0) is 44.4 Å². The van der Waals surface area contributed by atoms with Crippen LogP contribution in [0.25, 0.3) is 0 Å². The summed E-state index contributed by atoms with van der Waals surface area (Å²) < 4.78 is 32.7. The first-order chi connectivity index (χ1) is 13.7. The predicted molar refractivity (Wildman–Crippen MR) is 97.6 cm³/mol. The molecule has 29 heavy (non-hydrogen) atoms. The Morgan fingerprint density at radius 3 is 2.76 bits per heavy atom. The van der Waals surface area contributed by atoms with E-state index in [0.29, 0.717) is 0 Å². The van der Waals surface area contributed by atoms with Crippen molar-refractivity contribution in [2.24, 2.45) is 10.7 Å². The van der Waals surface area contributed by atoms with E-state index in [-0.39, 0.29) is 47.1 Å². The minimum absolute atomic E-state index is 0.0387. The van der Waals surface area contributed by atoms with Crippen LogP contribution in [0.1, 0.15) is 5.69 Å². The molecule has 2 amide bonds.